The van der Waals surface area contributed by atoms with Crippen LogP contribution >= 0.6 is 0 Å². The number of fused-ring (bicyclic) bond motifs is 1. The van der Waals surface area contributed by atoms with E-state index in [2.05, 4.69) is 5.10 Å². The summed E-state index contributed by atoms with van der Waals surface area (Å²) in [6.45, 7) is 1.26. The Bertz CT molecular complexity index is 518. The van der Waals surface area contributed by atoms with Crippen molar-refractivity contribution >= 4 is 21.5 Å². The van der Waals surface area contributed by atoms with Gasteiger partial charge in [-0.05, 0) is 19.3 Å². The molecule has 1 aromatic rings. The largest absolute Gasteiger partial charge is 0.394 e. The number of hydrogen-bond acceptors (Lipinski definition) is 4. The van der Waals surface area contributed by atoms with Crippen LogP contribution in [0.1, 0.15) is 19.3 Å². The van der Waals surface area contributed by atoms with E-state index in [-0.39, 0.29) is 5.25 Å². The molecule has 1 fully saturated rings. The molecule has 2 aliphatic rings. The van der Waals surface area contributed by atoms with Crippen LogP contribution in [0.2, 0.25) is 0 Å². The lowest BCUT2D eigenvalue weighted by atomic mass is 10.3. The number of nitrogen functional groups attached to an aromatic ring is 1. The standard InChI is InChI=1S/C9H14N4O2S/c10-8-6-11-12-4-1-5-13(9(8)12)16(14,15)7-2-3-7/h6-7H,1-5,10H2. The molecule has 0 bridgehead atoms. The van der Waals surface area contributed by atoms with Crippen LogP contribution in [-0.4, -0.2) is 30.0 Å². The lowest BCUT2D eigenvalue weighted by molar-refractivity contribution is 0.532. The van der Waals surface area contributed by atoms with Crippen molar-refractivity contribution in [2.24, 2.45) is 0 Å². The van der Waals surface area contributed by atoms with Gasteiger partial charge in [0.05, 0.1) is 17.1 Å². The minimum Gasteiger partial charge on any atom is -0.394 e. The lowest BCUT2D eigenvalue weighted by Gasteiger charge is -2.29. The zero-order chi connectivity index (χ0) is 11.3. The van der Waals surface area contributed by atoms with Gasteiger partial charge in [0.25, 0.3) is 0 Å². The Morgan fingerprint density at radius 2 is 2.12 bits per heavy atom. The van der Waals surface area contributed by atoms with Gasteiger partial charge in [0.2, 0.25) is 10.0 Å². The average molecular weight is 242 g/mol. The van der Waals surface area contributed by atoms with Crippen molar-refractivity contribution < 1.29 is 8.42 Å². The molecule has 1 aliphatic heterocycles. The molecule has 1 aromatic heterocycles. The second-order valence-corrected chi connectivity index (χ2v) is 6.45. The van der Waals surface area contributed by atoms with Crippen LogP contribution < -0.4 is 10.0 Å². The van der Waals surface area contributed by atoms with Gasteiger partial charge in [0.1, 0.15) is 0 Å². The van der Waals surface area contributed by atoms with Gasteiger partial charge in [0.15, 0.2) is 5.82 Å². The van der Waals surface area contributed by atoms with E-state index < -0.39 is 10.0 Å². The molecule has 0 unspecified atom stereocenters. The molecule has 6 nitrogen and oxygen atoms in total. The molecule has 0 atom stereocenters. The third kappa shape index (κ3) is 1.31. The number of anilines is 2. The molecule has 0 aromatic carbocycles. The Morgan fingerprint density at radius 1 is 1.38 bits per heavy atom. The highest BCUT2D eigenvalue weighted by molar-refractivity contribution is 7.93. The summed E-state index contributed by atoms with van der Waals surface area (Å²) in [5, 5.41) is 3.88. The molecule has 0 spiro atoms. The number of aromatic nitrogens is 2. The maximum Gasteiger partial charge on any atom is 0.239 e. The second-order valence-electron chi connectivity index (χ2n) is 4.32. The second kappa shape index (κ2) is 3.13. The Labute approximate surface area is 94.1 Å². The van der Waals surface area contributed by atoms with Crippen molar-refractivity contribution in [1.29, 1.82) is 0 Å². The molecule has 0 amide bonds. The molecule has 7 heteroatoms. The molecule has 16 heavy (non-hydrogen) atoms. The van der Waals surface area contributed by atoms with Crippen LogP contribution in [-0.2, 0) is 16.6 Å². The van der Waals surface area contributed by atoms with Crippen LogP contribution in [0.4, 0.5) is 11.5 Å². The van der Waals surface area contributed by atoms with Crippen molar-refractivity contribution in [2.75, 3.05) is 16.6 Å². The van der Waals surface area contributed by atoms with Crippen LogP contribution in [0.25, 0.3) is 0 Å². The fraction of sp³-hybridized carbons (Fsp3) is 0.667. The maximum absolute atomic E-state index is 12.2. The van der Waals surface area contributed by atoms with Crippen LogP contribution in [0.15, 0.2) is 6.20 Å². The van der Waals surface area contributed by atoms with Crippen molar-refractivity contribution in [3.8, 4) is 0 Å². The van der Waals surface area contributed by atoms with E-state index in [4.69, 9.17) is 5.73 Å². The molecular weight excluding hydrogens is 228 g/mol. The van der Waals surface area contributed by atoms with Gasteiger partial charge in [0, 0.05) is 13.1 Å². The molecule has 88 valence electrons. The number of rotatable bonds is 2. The molecule has 0 radical (unpaired) electrons. The molecule has 3 rings (SSSR count). The van der Waals surface area contributed by atoms with Gasteiger partial charge in [-0.25, -0.2) is 13.1 Å². The maximum atomic E-state index is 12.2. The molecule has 1 aliphatic carbocycles. The van der Waals surface area contributed by atoms with Gasteiger partial charge < -0.3 is 5.73 Å². The van der Waals surface area contributed by atoms with Gasteiger partial charge in [-0.1, -0.05) is 0 Å². The normalized spacial score (nSPS) is 20.9. The van der Waals surface area contributed by atoms with Crippen molar-refractivity contribution in [3.63, 3.8) is 0 Å². The Balaban J connectivity index is 2.07. The predicted molar refractivity (Wildman–Crippen MR) is 60.5 cm³/mol. The van der Waals surface area contributed by atoms with Crippen LogP contribution in [0, 0.1) is 0 Å². The van der Waals surface area contributed by atoms with Crippen molar-refractivity contribution in [3.05, 3.63) is 6.20 Å². The third-order valence-corrected chi connectivity index (χ3v) is 5.34. The Kier molecular flexibility index (Phi) is 1.95. The van der Waals surface area contributed by atoms with E-state index in [1.165, 1.54) is 10.5 Å². The smallest absolute Gasteiger partial charge is 0.239 e. The first-order valence-electron chi connectivity index (χ1n) is 5.43. The first-order valence-corrected chi connectivity index (χ1v) is 6.94. The van der Waals surface area contributed by atoms with Gasteiger partial charge in [-0.2, -0.15) is 5.10 Å². The molecule has 1 saturated carbocycles. The highest BCUT2D eigenvalue weighted by Crippen LogP contribution is 2.37. The van der Waals surface area contributed by atoms with Gasteiger partial charge in [-0.15, -0.1) is 0 Å². The van der Waals surface area contributed by atoms with E-state index in [9.17, 15) is 8.42 Å². The number of hydrogen-bond donors (Lipinski definition) is 1. The summed E-state index contributed by atoms with van der Waals surface area (Å²) in [7, 11) is -3.20. The van der Waals surface area contributed by atoms with E-state index in [0.717, 1.165) is 25.8 Å². The summed E-state index contributed by atoms with van der Waals surface area (Å²) in [5.41, 5.74) is 6.23. The number of aryl methyl sites for hydroxylation is 1. The first-order chi connectivity index (χ1) is 7.60. The molecule has 2 heterocycles. The SMILES string of the molecule is Nc1cnn2c1N(S(=O)(=O)C1CC1)CCC2. The summed E-state index contributed by atoms with van der Waals surface area (Å²) >= 11 is 0. The minimum atomic E-state index is -3.20. The fourth-order valence-electron chi connectivity index (χ4n) is 2.09. The van der Waals surface area contributed by atoms with E-state index >= 15 is 0 Å². The number of sulfonamides is 1. The highest BCUT2D eigenvalue weighted by atomic mass is 32.2. The Morgan fingerprint density at radius 3 is 2.81 bits per heavy atom. The predicted octanol–water partition coefficient (Wildman–Crippen LogP) is 0.168. The summed E-state index contributed by atoms with van der Waals surface area (Å²) in [6, 6.07) is 0. The summed E-state index contributed by atoms with van der Waals surface area (Å²) in [6.07, 6.45) is 3.86. The quantitative estimate of drug-likeness (QED) is 0.801. The fourth-order valence-corrected chi connectivity index (χ4v) is 4.01. The summed E-state index contributed by atoms with van der Waals surface area (Å²) in [4.78, 5) is 0. The number of nitrogens with two attached hydrogens (primary N) is 1. The zero-order valence-corrected chi connectivity index (χ0v) is 9.65. The van der Waals surface area contributed by atoms with Crippen LogP contribution in [0.3, 0.4) is 0 Å². The zero-order valence-electron chi connectivity index (χ0n) is 8.83. The monoisotopic (exact) mass is 242 g/mol. The minimum absolute atomic E-state index is 0.201. The number of nitrogens with zero attached hydrogens (tertiary/aromatic N) is 3. The van der Waals surface area contributed by atoms with Gasteiger partial charge in [-0.3, -0.25) is 4.31 Å². The van der Waals surface area contributed by atoms with Crippen molar-refractivity contribution in [2.45, 2.75) is 31.1 Å². The topological polar surface area (TPSA) is 81.2 Å². The first kappa shape index (κ1) is 9.95. The van der Waals surface area contributed by atoms with Crippen molar-refractivity contribution in [1.82, 2.24) is 9.78 Å². The van der Waals surface area contributed by atoms with Crippen LogP contribution in [0.5, 0.6) is 0 Å². The third-order valence-electron chi connectivity index (χ3n) is 3.06. The Hall–Kier alpha value is -1.24. The molecular formula is C9H14N4O2S. The summed E-state index contributed by atoms with van der Waals surface area (Å²) < 4.78 is 27.5. The molecule has 2 N–H and O–H groups in total. The average Bonchev–Trinajstić information content (AvgIpc) is 3.05. The van der Waals surface area contributed by atoms with E-state index in [1.54, 1.807) is 4.68 Å². The van der Waals surface area contributed by atoms with Gasteiger partial charge >= 0.3 is 0 Å². The van der Waals surface area contributed by atoms with E-state index in [0.29, 0.717) is 18.1 Å². The molecule has 0 saturated heterocycles. The summed E-state index contributed by atoms with van der Waals surface area (Å²) in [5.74, 6) is 0.554. The van der Waals surface area contributed by atoms with E-state index in [1.807, 2.05) is 0 Å². The lowest BCUT2D eigenvalue weighted by Crippen LogP contribution is -2.39. The highest BCUT2D eigenvalue weighted by Gasteiger charge is 2.42.